The fraction of sp³-hybridized carbons (Fsp3) is 0.188. The third-order valence-corrected chi connectivity index (χ3v) is 3.78. The molecule has 21 heavy (non-hydrogen) atoms. The number of aromatic hydroxyl groups is 1. The molecule has 1 heterocycles. The van der Waals surface area contributed by atoms with Gasteiger partial charge in [-0.25, -0.2) is 4.39 Å². The number of hydrogen-bond donors (Lipinski definition) is 3. The number of benzene rings is 2. The SMILES string of the molecule is Cc1ccc(NC2C(=O)Nc3cc(F)ccc32)c(C)c1O. The Morgan fingerprint density at radius 1 is 1.24 bits per heavy atom. The monoisotopic (exact) mass is 286 g/mol. The predicted molar refractivity (Wildman–Crippen MR) is 79.0 cm³/mol. The molecule has 0 spiro atoms. The van der Waals surface area contributed by atoms with E-state index in [0.717, 1.165) is 5.56 Å². The first-order valence-electron chi connectivity index (χ1n) is 6.63. The molecule has 5 heteroatoms. The Hall–Kier alpha value is -2.56. The van der Waals surface area contributed by atoms with Gasteiger partial charge in [0.05, 0.1) is 0 Å². The van der Waals surface area contributed by atoms with Crippen molar-refractivity contribution >= 4 is 17.3 Å². The van der Waals surface area contributed by atoms with Gasteiger partial charge >= 0.3 is 0 Å². The summed E-state index contributed by atoms with van der Waals surface area (Å²) in [7, 11) is 0. The van der Waals surface area contributed by atoms with Crippen molar-refractivity contribution in [2.75, 3.05) is 10.6 Å². The summed E-state index contributed by atoms with van der Waals surface area (Å²) in [6.07, 6.45) is 0. The molecule has 2 aromatic carbocycles. The number of halogens is 1. The first kappa shape index (κ1) is 13.4. The van der Waals surface area contributed by atoms with Gasteiger partial charge in [-0.15, -0.1) is 0 Å². The summed E-state index contributed by atoms with van der Waals surface area (Å²) >= 11 is 0. The number of phenols is 1. The summed E-state index contributed by atoms with van der Waals surface area (Å²) in [6.45, 7) is 3.59. The van der Waals surface area contributed by atoms with Crippen molar-refractivity contribution in [3.05, 3.63) is 52.8 Å². The van der Waals surface area contributed by atoms with E-state index >= 15 is 0 Å². The maximum Gasteiger partial charge on any atom is 0.251 e. The van der Waals surface area contributed by atoms with Crippen LogP contribution >= 0.6 is 0 Å². The summed E-state index contributed by atoms with van der Waals surface area (Å²) in [5.74, 6) is -0.424. The van der Waals surface area contributed by atoms with Crippen molar-refractivity contribution in [2.24, 2.45) is 0 Å². The maximum absolute atomic E-state index is 13.2. The van der Waals surface area contributed by atoms with Crippen LogP contribution in [0, 0.1) is 19.7 Å². The minimum Gasteiger partial charge on any atom is -0.507 e. The molecule has 0 fully saturated rings. The standard InChI is InChI=1S/C16H15FN2O2/c1-8-3-6-12(9(2)15(8)20)18-14-11-5-4-10(17)7-13(11)19-16(14)21/h3-7,14,18,20H,1-2H3,(H,19,21). The van der Waals surface area contributed by atoms with Crippen molar-refractivity contribution in [3.8, 4) is 5.75 Å². The molecule has 108 valence electrons. The van der Waals surface area contributed by atoms with Gasteiger partial charge in [-0.1, -0.05) is 12.1 Å². The molecule has 1 unspecified atom stereocenters. The Balaban J connectivity index is 1.97. The lowest BCUT2D eigenvalue weighted by atomic mass is 10.0. The lowest BCUT2D eigenvalue weighted by Gasteiger charge is -2.16. The average molecular weight is 286 g/mol. The van der Waals surface area contributed by atoms with Gasteiger partial charge in [-0.3, -0.25) is 4.79 Å². The van der Waals surface area contributed by atoms with Crippen LogP contribution in [0.5, 0.6) is 5.75 Å². The van der Waals surface area contributed by atoms with E-state index in [0.29, 0.717) is 22.5 Å². The Kier molecular flexibility index (Phi) is 3.05. The minimum atomic E-state index is -0.596. The van der Waals surface area contributed by atoms with E-state index in [2.05, 4.69) is 10.6 Å². The molecule has 0 radical (unpaired) electrons. The molecular weight excluding hydrogens is 271 g/mol. The smallest absolute Gasteiger partial charge is 0.251 e. The van der Waals surface area contributed by atoms with Crippen LogP contribution in [-0.4, -0.2) is 11.0 Å². The fourth-order valence-electron chi connectivity index (χ4n) is 2.53. The first-order chi connectivity index (χ1) is 9.97. The van der Waals surface area contributed by atoms with Crippen molar-refractivity contribution in [2.45, 2.75) is 19.9 Å². The van der Waals surface area contributed by atoms with E-state index < -0.39 is 6.04 Å². The lowest BCUT2D eigenvalue weighted by Crippen LogP contribution is -2.20. The molecule has 0 saturated carbocycles. The highest BCUT2D eigenvalue weighted by Crippen LogP contribution is 2.36. The quantitative estimate of drug-likeness (QED) is 0.794. The normalized spacial score (nSPS) is 16.5. The van der Waals surface area contributed by atoms with Crippen LogP contribution in [0.1, 0.15) is 22.7 Å². The molecule has 1 aliphatic rings. The molecule has 0 saturated heterocycles. The Labute approximate surface area is 121 Å². The predicted octanol–water partition coefficient (Wildman–Crippen LogP) is 3.25. The van der Waals surface area contributed by atoms with Crippen LogP contribution in [0.15, 0.2) is 30.3 Å². The summed E-state index contributed by atoms with van der Waals surface area (Å²) in [5, 5.41) is 15.7. The van der Waals surface area contributed by atoms with Gasteiger partial charge in [0, 0.05) is 22.5 Å². The van der Waals surface area contributed by atoms with Gasteiger partial charge in [-0.2, -0.15) is 0 Å². The minimum absolute atomic E-state index is 0.206. The van der Waals surface area contributed by atoms with E-state index in [1.165, 1.54) is 12.1 Å². The van der Waals surface area contributed by atoms with Crippen LogP contribution in [0.4, 0.5) is 15.8 Å². The summed E-state index contributed by atoms with van der Waals surface area (Å²) < 4.78 is 13.2. The molecule has 1 aliphatic heterocycles. The highest BCUT2D eigenvalue weighted by atomic mass is 19.1. The molecule has 0 aliphatic carbocycles. The van der Waals surface area contributed by atoms with Crippen LogP contribution < -0.4 is 10.6 Å². The second-order valence-corrected chi connectivity index (χ2v) is 5.20. The van der Waals surface area contributed by atoms with Crippen LogP contribution in [0.2, 0.25) is 0 Å². The van der Waals surface area contributed by atoms with Gasteiger partial charge in [-0.05, 0) is 37.6 Å². The van der Waals surface area contributed by atoms with Crippen LogP contribution in [0.25, 0.3) is 0 Å². The number of fused-ring (bicyclic) bond motifs is 1. The Morgan fingerprint density at radius 2 is 2.00 bits per heavy atom. The lowest BCUT2D eigenvalue weighted by molar-refractivity contribution is -0.116. The zero-order valence-electron chi connectivity index (χ0n) is 11.7. The number of rotatable bonds is 2. The Bertz CT molecular complexity index is 743. The second-order valence-electron chi connectivity index (χ2n) is 5.20. The molecule has 1 atom stereocenters. The fourth-order valence-corrected chi connectivity index (χ4v) is 2.53. The summed E-state index contributed by atoms with van der Waals surface area (Å²) in [5.41, 5.74) is 3.30. The van der Waals surface area contributed by atoms with Crippen molar-refractivity contribution in [1.82, 2.24) is 0 Å². The molecule has 3 rings (SSSR count). The van der Waals surface area contributed by atoms with Crippen molar-refractivity contribution in [3.63, 3.8) is 0 Å². The summed E-state index contributed by atoms with van der Waals surface area (Å²) in [6, 6.07) is 7.22. The molecule has 4 nitrogen and oxygen atoms in total. The van der Waals surface area contributed by atoms with E-state index in [9.17, 15) is 14.3 Å². The zero-order valence-corrected chi connectivity index (χ0v) is 11.7. The molecule has 1 amide bonds. The molecule has 2 aromatic rings. The number of hydrogen-bond acceptors (Lipinski definition) is 3. The topological polar surface area (TPSA) is 61.4 Å². The highest BCUT2D eigenvalue weighted by Gasteiger charge is 2.31. The van der Waals surface area contributed by atoms with E-state index in [1.807, 2.05) is 13.0 Å². The van der Waals surface area contributed by atoms with Crippen molar-refractivity contribution < 1.29 is 14.3 Å². The molecular formula is C16H15FN2O2. The number of phenolic OH excluding ortho intramolecular Hbond substituents is 1. The second kappa shape index (κ2) is 4.77. The van der Waals surface area contributed by atoms with Gasteiger partial charge in [0.2, 0.25) is 0 Å². The summed E-state index contributed by atoms with van der Waals surface area (Å²) in [4.78, 5) is 12.1. The number of amides is 1. The van der Waals surface area contributed by atoms with Crippen molar-refractivity contribution in [1.29, 1.82) is 0 Å². The molecule has 0 bridgehead atoms. The van der Waals surface area contributed by atoms with Gasteiger partial charge in [0.1, 0.15) is 17.6 Å². The van der Waals surface area contributed by atoms with Gasteiger partial charge < -0.3 is 15.7 Å². The Morgan fingerprint density at radius 3 is 2.76 bits per heavy atom. The van der Waals surface area contributed by atoms with Crippen LogP contribution in [-0.2, 0) is 4.79 Å². The largest absolute Gasteiger partial charge is 0.507 e. The number of carbonyl (C=O) groups is 1. The maximum atomic E-state index is 13.2. The van der Waals surface area contributed by atoms with Gasteiger partial charge in [0.15, 0.2) is 0 Å². The van der Waals surface area contributed by atoms with E-state index in [4.69, 9.17) is 0 Å². The zero-order chi connectivity index (χ0) is 15.1. The third kappa shape index (κ3) is 2.20. The highest BCUT2D eigenvalue weighted by molar-refractivity contribution is 6.04. The van der Waals surface area contributed by atoms with E-state index in [1.54, 1.807) is 19.1 Å². The number of aryl methyl sites for hydroxylation is 1. The van der Waals surface area contributed by atoms with Crippen LogP contribution in [0.3, 0.4) is 0 Å². The number of carbonyl (C=O) groups excluding carboxylic acids is 1. The van der Waals surface area contributed by atoms with Gasteiger partial charge in [0.25, 0.3) is 5.91 Å². The molecule has 3 N–H and O–H groups in total. The first-order valence-corrected chi connectivity index (χ1v) is 6.63. The average Bonchev–Trinajstić information content (AvgIpc) is 2.74. The molecule has 0 aromatic heterocycles. The van der Waals surface area contributed by atoms with E-state index in [-0.39, 0.29) is 17.5 Å². The third-order valence-electron chi connectivity index (χ3n) is 3.78. The number of nitrogens with one attached hydrogen (secondary N) is 2. The number of anilines is 2.